The van der Waals surface area contributed by atoms with Crippen LogP contribution in [0.4, 0.5) is 0 Å². The van der Waals surface area contributed by atoms with Crippen molar-refractivity contribution in [2.24, 2.45) is 0 Å². The first kappa shape index (κ1) is 18.2. The zero-order chi connectivity index (χ0) is 18.6. The standard InChI is InChI=1S/C17H19N3O5S/c21-16(13-18-17(22)15-7-4-12-25-15)19-8-10-20(11-9-19)26(23,24)14-5-2-1-3-6-14/h1-7,12H,8-11,13H2,(H,18,22). The molecule has 1 aliphatic heterocycles. The third-order valence-electron chi connectivity index (χ3n) is 4.12. The number of nitrogens with zero attached hydrogens (tertiary/aromatic N) is 2. The molecular weight excluding hydrogens is 358 g/mol. The monoisotopic (exact) mass is 377 g/mol. The van der Waals surface area contributed by atoms with E-state index in [0.717, 1.165) is 0 Å². The summed E-state index contributed by atoms with van der Waals surface area (Å²) < 4.78 is 31.5. The summed E-state index contributed by atoms with van der Waals surface area (Å²) in [5.41, 5.74) is 0. The van der Waals surface area contributed by atoms with Gasteiger partial charge in [0.2, 0.25) is 15.9 Å². The zero-order valence-corrected chi connectivity index (χ0v) is 14.8. The molecule has 1 N–H and O–H groups in total. The van der Waals surface area contributed by atoms with Crippen LogP contribution in [0.15, 0.2) is 58.0 Å². The molecule has 2 heterocycles. The van der Waals surface area contributed by atoms with E-state index >= 15 is 0 Å². The predicted octanol–water partition coefficient (Wildman–Crippen LogP) is 0.543. The first-order valence-corrected chi connectivity index (χ1v) is 9.57. The minimum absolute atomic E-state index is 0.136. The van der Waals surface area contributed by atoms with E-state index in [9.17, 15) is 18.0 Å². The van der Waals surface area contributed by atoms with Gasteiger partial charge in [-0.25, -0.2) is 8.42 Å². The molecule has 0 radical (unpaired) electrons. The molecule has 2 amide bonds. The summed E-state index contributed by atoms with van der Waals surface area (Å²) in [4.78, 5) is 25.8. The van der Waals surface area contributed by atoms with E-state index < -0.39 is 15.9 Å². The fourth-order valence-electron chi connectivity index (χ4n) is 2.68. The number of hydrogen-bond donors (Lipinski definition) is 1. The number of nitrogens with one attached hydrogen (secondary N) is 1. The van der Waals surface area contributed by atoms with E-state index in [-0.39, 0.29) is 49.3 Å². The third-order valence-corrected chi connectivity index (χ3v) is 6.03. The average molecular weight is 377 g/mol. The van der Waals surface area contributed by atoms with Gasteiger partial charge in [0.25, 0.3) is 5.91 Å². The lowest BCUT2D eigenvalue weighted by Crippen LogP contribution is -2.52. The van der Waals surface area contributed by atoms with E-state index in [0.29, 0.717) is 0 Å². The van der Waals surface area contributed by atoms with Gasteiger partial charge >= 0.3 is 0 Å². The van der Waals surface area contributed by atoms with Crippen LogP contribution in [-0.2, 0) is 14.8 Å². The van der Waals surface area contributed by atoms with E-state index in [1.165, 1.54) is 16.6 Å². The molecule has 26 heavy (non-hydrogen) atoms. The molecule has 1 aliphatic rings. The molecule has 138 valence electrons. The topological polar surface area (TPSA) is 99.9 Å². The smallest absolute Gasteiger partial charge is 0.287 e. The van der Waals surface area contributed by atoms with Crippen LogP contribution in [0.1, 0.15) is 10.6 Å². The summed E-state index contributed by atoms with van der Waals surface area (Å²) in [6, 6.07) is 11.3. The molecule has 1 fully saturated rings. The molecule has 0 unspecified atom stereocenters. The van der Waals surface area contributed by atoms with Crippen molar-refractivity contribution in [1.82, 2.24) is 14.5 Å². The largest absolute Gasteiger partial charge is 0.459 e. The molecule has 1 aromatic carbocycles. The molecule has 0 atom stereocenters. The zero-order valence-electron chi connectivity index (χ0n) is 14.0. The summed E-state index contributed by atoms with van der Waals surface area (Å²) in [6.45, 7) is 0.832. The maximum atomic E-state index is 12.6. The van der Waals surface area contributed by atoms with Gasteiger partial charge in [0, 0.05) is 26.2 Å². The molecule has 0 aliphatic carbocycles. The number of sulfonamides is 1. The van der Waals surface area contributed by atoms with Gasteiger partial charge in [0.1, 0.15) is 0 Å². The predicted molar refractivity (Wildman–Crippen MR) is 92.8 cm³/mol. The molecule has 0 saturated carbocycles. The second kappa shape index (κ2) is 7.71. The minimum Gasteiger partial charge on any atom is -0.459 e. The maximum absolute atomic E-state index is 12.6. The van der Waals surface area contributed by atoms with Gasteiger partial charge in [-0.2, -0.15) is 4.31 Å². The Balaban J connectivity index is 1.52. The Morgan fingerprint density at radius 1 is 1.00 bits per heavy atom. The number of hydrogen-bond acceptors (Lipinski definition) is 5. The van der Waals surface area contributed by atoms with Crippen LogP contribution in [-0.4, -0.2) is 62.2 Å². The summed E-state index contributed by atoms with van der Waals surface area (Å²) in [7, 11) is -3.55. The number of amides is 2. The lowest BCUT2D eigenvalue weighted by Gasteiger charge is -2.34. The number of benzene rings is 1. The van der Waals surface area contributed by atoms with E-state index in [1.54, 1.807) is 41.3 Å². The SMILES string of the molecule is O=C(NCC(=O)N1CCN(S(=O)(=O)c2ccccc2)CC1)c1ccco1. The van der Waals surface area contributed by atoms with E-state index in [4.69, 9.17) is 4.42 Å². The highest BCUT2D eigenvalue weighted by Gasteiger charge is 2.30. The highest BCUT2D eigenvalue weighted by atomic mass is 32.2. The molecule has 0 spiro atoms. The Hall–Kier alpha value is -2.65. The summed E-state index contributed by atoms with van der Waals surface area (Å²) in [5, 5.41) is 2.49. The minimum atomic E-state index is -3.55. The van der Waals surface area contributed by atoms with Crippen LogP contribution in [0, 0.1) is 0 Å². The summed E-state index contributed by atoms with van der Waals surface area (Å²) in [6.07, 6.45) is 1.38. The van der Waals surface area contributed by atoms with Crippen molar-refractivity contribution >= 4 is 21.8 Å². The van der Waals surface area contributed by atoms with Crippen molar-refractivity contribution in [3.8, 4) is 0 Å². The maximum Gasteiger partial charge on any atom is 0.287 e. The van der Waals surface area contributed by atoms with Gasteiger partial charge in [-0.1, -0.05) is 18.2 Å². The summed E-state index contributed by atoms with van der Waals surface area (Å²) in [5.74, 6) is -0.591. The van der Waals surface area contributed by atoms with Crippen LogP contribution >= 0.6 is 0 Å². The number of carbonyl (C=O) groups excluding carboxylic acids is 2. The first-order valence-electron chi connectivity index (χ1n) is 8.13. The molecule has 0 bridgehead atoms. The van der Waals surface area contributed by atoms with Gasteiger partial charge in [-0.05, 0) is 24.3 Å². The molecule has 8 nitrogen and oxygen atoms in total. The Bertz CT molecular complexity index is 857. The second-order valence-corrected chi connectivity index (χ2v) is 7.70. The number of furan rings is 1. The second-order valence-electron chi connectivity index (χ2n) is 5.76. The van der Waals surface area contributed by atoms with Gasteiger partial charge in [0.05, 0.1) is 17.7 Å². The van der Waals surface area contributed by atoms with Gasteiger partial charge < -0.3 is 14.6 Å². The van der Waals surface area contributed by atoms with Crippen molar-refractivity contribution in [1.29, 1.82) is 0 Å². The molecular formula is C17H19N3O5S. The van der Waals surface area contributed by atoms with Crippen molar-refractivity contribution in [3.63, 3.8) is 0 Å². The van der Waals surface area contributed by atoms with Crippen LogP contribution < -0.4 is 5.32 Å². The summed E-state index contributed by atoms with van der Waals surface area (Å²) >= 11 is 0. The van der Waals surface area contributed by atoms with E-state index in [1.807, 2.05) is 0 Å². The first-order chi connectivity index (χ1) is 12.5. The fraction of sp³-hybridized carbons (Fsp3) is 0.294. The van der Waals surface area contributed by atoms with Crippen LogP contribution in [0.3, 0.4) is 0 Å². The van der Waals surface area contributed by atoms with Crippen LogP contribution in [0.2, 0.25) is 0 Å². The molecule has 2 aromatic rings. The van der Waals surface area contributed by atoms with Crippen molar-refractivity contribution in [2.45, 2.75) is 4.90 Å². The molecule has 1 aromatic heterocycles. The van der Waals surface area contributed by atoms with Crippen LogP contribution in [0.25, 0.3) is 0 Å². The van der Waals surface area contributed by atoms with Crippen molar-refractivity contribution in [2.75, 3.05) is 32.7 Å². The lowest BCUT2D eigenvalue weighted by atomic mass is 10.3. The Labute approximate surface area is 151 Å². The Morgan fingerprint density at radius 2 is 1.69 bits per heavy atom. The number of rotatable bonds is 5. The lowest BCUT2D eigenvalue weighted by molar-refractivity contribution is -0.131. The van der Waals surface area contributed by atoms with Crippen molar-refractivity contribution < 1.29 is 22.4 Å². The molecule has 9 heteroatoms. The van der Waals surface area contributed by atoms with Gasteiger partial charge in [0.15, 0.2) is 5.76 Å². The third kappa shape index (κ3) is 3.94. The van der Waals surface area contributed by atoms with Gasteiger partial charge in [-0.15, -0.1) is 0 Å². The van der Waals surface area contributed by atoms with Gasteiger partial charge in [-0.3, -0.25) is 9.59 Å². The quantitative estimate of drug-likeness (QED) is 0.820. The molecule has 1 saturated heterocycles. The fourth-order valence-corrected chi connectivity index (χ4v) is 4.13. The number of piperazine rings is 1. The van der Waals surface area contributed by atoms with E-state index in [2.05, 4.69) is 5.32 Å². The highest BCUT2D eigenvalue weighted by molar-refractivity contribution is 7.89. The molecule has 3 rings (SSSR count). The Kier molecular flexibility index (Phi) is 5.38. The Morgan fingerprint density at radius 3 is 2.31 bits per heavy atom. The normalized spacial score (nSPS) is 15.6. The van der Waals surface area contributed by atoms with Crippen LogP contribution in [0.5, 0.6) is 0 Å². The average Bonchev–Trinajstić information content (AvgIpc) is 3.21. The number of carbonyl (C=O) groups is 2. The highest BCUT2D eigenvalue weighted by Crippen LogP contribution is 2.17. The van der Waals surface area contributed by atoms with Crippen molar-refractivity contribution in [3.05, 3.63) is 54.5 Å².